The predicted octanol–water partition coefficient (Wildman–Crippen LogP) is -0.311. The van der Waals surface area contributed by atoms with Crippen LogP contribution in [-0.4, -0.2) is 37.2 Å². The number of nitrogens with one attached hydrogen (secondary N) is 1. The molecule has 1 aromatic rings. The minimum atomic E-state index is -4.29. The Bertz CT molecular complexity index is 540. The van der Waals surface area contributed by atoms with E-state index in [1.54, 1.807) is 4.72 Å². The zero-order valence-corrected chi connectivity index (χ0v) is 9.62. The first-order valence-electron chi connectivity index (χ1n) is 4.59. The van der Waals surface area contributed by atoms with Crippen LogP contribution in [0, 0.1) is 11.6 Å². The lowest BCUT2D eigenvalue weighted by molar-refractivity contribution is -0.146. The molecule has 0 saturated heterocycles. The highest BCUT2D eigenvalue weighted by Gasteiger charge is 2.20. The van der Waals surface area contributed by atoms with Crippen LogP contribution in [0.25, 0.3) is 0 Å². The summed E-state index contributed by atoms with van der Waals surface area (Å²) in [5, 5.41) is 17.2. The minimum absolute atomic E-state index is 0.491. The molecule has 0 bridgehead atoms. The molecule has 0 aliphatic rings. The van der Waals surface area contributed by atoms with Crippen LogP contribution in [0.2, 0.25) is 0 Å². The molecule has 0 radical (unpaired) electrons. The number of aliphatic hydroxyl groups is 1. The second kappa shape index (κ2) is 5.38. The summed E-state index contributed by atoms with van der Waals surface area (Å²) in [5.41, 5.74) is 0. The van der Waals surface area contributed by atoms with Gasteiger partial charge in [0.05, 0.1) is 4.90 Å². The zero-order valence-electron chi connectivity index (χ0n) is 8.80. The monoisotopic (exact) mass is 281 g/mol. The van der Waals surface area contributed by atoms with Gasteiger partial charge in [0.25, 0.3) is 0 Å². The number of benzene rings is 1. The highest BCUT2D eigenvalue weighted by Crippen LogP contribution is 2.13. The molecule has 6 nitrogen and oxygen atoms in total. The number of sulfonamides is 1. The van der Waals surface area contributed by atoms with E-state index in [1.807, 2.05) is 0 Å². The van der Waals surface area contributed by atoms with Gasteiger partial charge in [0.15, 0.2) is 6.10 Å². The van der Waals surface area contributed by atoms with Gasteiger partial charge in [0.2, 0.25) is 10.0 Å². The van der Waals surface area contributed by atoms with Gasteiger partial charge in [-0.25, -0.2) is 26.7 Å². The van der Waals surface area contributed by atoms with Crippen LogP contribution in [0.15, 0.2) is 23.1 Å². The third-order valence-corrected chi connectivity index (χ3v) is 3.30. The number of rotatable bonds is 5. The highest BCUT2D eigenvalue weighted by molar-refractivity contribution is 7.89. The largest absolute Gasteiger partial charge is 0.479 e. The summed E-state index contributed by atoms with van der Waals surface area (Å²) in [7, 11) is -4.29. The van der Waals surface area contributed by atoms with Crippen molar-refractivity contribution in [3.8, 4) is 0 Å². The number of halogens is 2. The fraction of sp³-hybridized carbons (Fsp3) is 0.222. The molecule has 100 valence electrons. The zero-order chi connectivity index (χ0) is 13.9. The average Bonchev–Trinajstić information content (AvgIpc) is 2.24. The van der Waals surface area contributed by atoms with Crippen molar-refractivity contribution in [3.05, 3.63) is 29.8 Å². The molecule has 0 aliphatic carbocycles. The summed E-state index contributed by atoms with van der Waals surface area (Å²) >= 11 is 0. The Morgan fingerprint density at radius 2 is 1.78 bits per heavy atom. The molecule has 3 N–H and O–H groups in total. The molecule has 0 saturated carbocycles. The summed E-state index contributed by atoms with van der Waals surface area (Å²) in [6.07, 6.45) is -1.95. The molecule has 1 atom stereocenters. The van der Waals surface area contributed by atoms with E-state index in [2.05, 4.69) is 0 Å². The number of carboxylic acids is 1. The fourth-order valence-electron chi connectivity index (χ4n) is 1.04. The lowest BCUT2D eigenvalue weighted by atomic mass is 10.3. The van der Waals surface area contributed by atoms with Gasteiger partial charge in [-0.3, -0.25) is 0 Å². The standard InChI is InChI=1S/C9H9F2NO5S/c10-5-1-6(11)3-7(2-5)18(16,17)12-4-8(13)9(14)15/h1-3,8,12-13H,4H2,(H,14,15). The molecule has 0 aromatic heterocycles. The number of carbonyl (C=O) groups is 1. The van der Waals surface area contributed by atoms with Gasteiger partial charge in [-0.2, -0.15) is 0 Å². The maximum Gasteiger partial charge on any atom is 0.333 e. The van der Waals surface area contributed by atoms with Gasteiger partial charge in [-0.15, -0.1) is 0 Å². The van der Waals surface area contributed by atoms with Gasteiger partial charge < -0.3 is 10.2 Å². The lowest BCUT2D eigenvalue weighted by Gasteiger charge is -2.09. The van der Waals surface area contributed by atoms with E-state index in [9.17, 15) is 22.0 Å². The summed E-state index contributed by atoms with van der Waals surface area (Å²) in [6, 6.07) is 1.63. The van der Waals surface area contributed by atoms with Gasteiger partial charge in [0.1, 0.15) is 11.6 Å². The number of aliphatic carboxylic acids is 1. The van der Waals surface area contributed by atoms with Crippen molar-refractivity contribution in [1.29, 1.82) is 0 Å². The maximum atomic E-state index is 12.8. The fourth-order valence-corrected chi connectivity index (χ4v) is 2.12. The predicted molar refractivity (Wildman–Crippen MR) is 55.2 cm³/mol. The van der Waals surface area contributed by atoms with Crippen molar-refractivity contribution >= 4 is 16.0 Å². The van der Waals surface area contributed by atoms with E-state index in [1.165, 1.54) is 0 Å². The maximum absolute atomic E-state index is 12.8. The van der Waals surface area contributed by atoms with Crippen molar-refractivity contribution in [3.63, 3.8) is 0 Å². The van der Waals surface area contributed by atoms with Crippen LogP contribution < -0.4 is 4.72 Å². The number of aliphatic hydroxyl groups excluding tert-OH is 1. The third kappa shape index (κ3) is 3.72. The van der Waals surface area contributed by atoms with Crippen LogP contribution in [0.5, 0.6) is 0 Å². The Balaban J connectivity index is 2.90. The minimum Gasteiger partial charge on any atom is -0.479 e. The Morgan fingerprint density at radius 3 is 2.22 bits per heavy atom. The van der Waals surface area contributed by atoms with E-state index >= 15 is 0 Å². The molecular formula is C9H9F2NO5S. The number of hydrogen-bond acceptors (Lipinski definition) is 4. The van der Waals surface area contributed by atoms with Crippen molar-refractivity contribution < 1.29 is 32.2 Å². The van der Waals surface area contributed by atoms with Crippen LogP contribution in [0.4, 0.5) is 8.78 Å². The summed E-state index contributed by atoms with van der Waals surface area (Å²) in [6.45, 7) is -0.810. The Hall–Kier alpha value is -1.58. The first kappa shape index (κ1) is 14.5. The number of hydrogen-bond donors (Lipinski definition) is 3. The molecule has 0 amide bonds. The van der Waals surface area contributed by atoms with E-state index in [0.29, 0.717) is 18.2 Å². The van der Waals surface area contributed by atoms with E-state index < -0.39 is 45.2 Å². The van der Waals surface area contributed by atoms with E-state index in [0.717, 1.165) is 0 Å². The summed E-state index contributed by atoms with van der Waals surface area (Å²) in [4.78, 5) is 9.56. The van der Waals surface area contributed by atoms with Gasteiger partial charge in [-0.1, -0.05) is 0 Å². The molecule has 1 aromatic carbocycles. The Kier molecular flexibility index (Phi) is 4.33. The normalized spacial score (nSPS) is 13.3. The van der Waals surface area contributed by atoms with E-state index in [4.69, 9.17) is 10.2 Å². The quantitative estimate of drug-likeness (QED) is 0.686. The van der Waals surface area contributed by atoms with Crippen molar-refractivity contribution in [2.24, 2.45) is 0 Å². The van der Waals surface area contributed by atoms with Crippen LogP contribution in [-0.2, 0) is 14.8 Å². The molecule has 0 fully saturated rings. The molecule has 0 aliphatic heterocycles. The Morgan fingerprint density at radius 1 is 1.28 bits per heavy atom. The second-order valence-electron chi connectivity index (χ2n) is 3.31. The highest BCUT2D eigenvalue weighted by atomic mass is 32.2. The van der Waals surface area contributed by atoms with Crippen molar-refractivity contribution in [2.45, 2.75) is 11.0 Å². The van der Waals surface area contributed by atoms with E-state index in [-0.39, 0.29) is 0 Å². The lowest BCUT2D eigenvalue weighted by Crippen LogP contribution is -2.36. The molecule has 0 heterocycles. The van der Waals surface area contributed by atoms with Crippen molar-refractivity contribution in [1.82, 2.24) is 4.72 Å². The van der Waals surface area contributed by atoms with Crippen LogP contribution in [0.1, 0.15) is 0 Å². The topological polar surface area (TPSA) is 104 Å². The van der Waals surface area contributed by atoms with Crippen molar-refractivity contribution in [2.75, 3.05) is 6.54 Å². The van der Waals surface area contributed by atoms with Crippen LogP contribution in [0.3, 0.4) is 0 Å². The summed E-state index contributed by atoms with van der Waals surface area (Å²) in [5.74, 6) is -3.80. The molecule has 1 rings (SSSR count). The van der Waals surface area contributed by atoms with Gasteiger partial charge in [0, 0.05) is 12.6 Å². The molecular weight excluding hydrogens is 272 g/mol. The second-order valence-corrected chi connectivity index (χ2v) is 5.08. The molecule has 0 spiro atoms. The first-order chi connectivity index (χ1) is 8.22. The Labute approximate surface area is 101 Å². The van der Waals surface area contributed by atoms with Gasteiger partial charge >= 0.3 is 5.97 Å². The molecule has 9 heteroatoms. The third-order valence-electron chi connectivity index (χ3n) is 1.90. The van der Waals surface area contributed by atoms with Gasteiger partial charge in [-0.05, 0) is 12.1 Å². The first-order valence-corrected chi connectivity index (χ1v) is 6.07. The SMILES string of the molecule is O=C(O)C(O)CNS(=O)(=O)c1cc(F)cc(F)c1. The van der Waals surface area contributed by atoms with Crippen LogP contribution >= 0.6 is 0 Å². The smallest absolute Gasteiger partial charge is 0.333 e. The summed E-state index contributed by atoms with van der Waals surface area (Å²) < 4.78 is 50.4. The molecule has 18 heavy (non-hydrogen) atoms. The number of carboxylic acid groups (broad SMARTS) is 1. The molecule has 1 unspecified atom stereocenters. The average molecular weight is 281 g/mol.